The minimum Gasteiger partial charge on any atom is -0.330 e. The highest BCUT2D eigenvalue weighted by Gasteiger charge is 2.03. The highest BCUT2D eigenvalue weighted by molar-refractivity contribution is 5.44. The Balaban J connectivity index is -0.000000125. The Kier molecular flexibility index (Phi) is 16.4. The van der Waals surface area contributed by atoms with Crippen LogP contribution in [0.1, 0.15) is 27.7 Å². The zero-order valence-corrected chi connectivity index (χ0v) is 10.2. The number of nitrogens with zero attached hydrogens (tertiary/aromatic N) is 1. The van der Waals surface area contributed by atoms with Crippen LogP contribution in [-0.4, -0.2) is 38.9 Å². The van der Waals surface area contributed by atoms with Crippen molar-refractivity contribution in [2.24, 2.45) is 11.1 Å². The van der Waals surface area contributed by atoms with Crippen LogP contribution in [-0.2, 0) is 4.79 Å². The summed E-state index contributed by atoms with van der Waals surface area (Å²) in [6, 6.07) is 0. The molecule has 3 nitrogen and oxygen atoms in total. The molecule has 0 unspecified atom stereocenters. The van der Waals surface area contributed by atoms with E-state index < -0.39 is 0 Å². The first-order valence-corrected chi connectivity index (χ1v) is 4.42. The van der Waals surface area contributed by atoms with Gasteiger partial charge in [-0.2, -0.15) is 0 Å². The van der Waals surface area contributed by atoms with Crippen LogP contribution >= 0.6 is 0 Å². The summed E-state index contributed by atoms with van der Waals surface area (Å²) in [5, 5.41) is 0. The summed E-state index contributed by atoms with van der Waals surface area (Å²) in [4.78, 5) is 10.8. The van der Waals surface area contributed by atoms with Crippen molar-refractivity contribution in [1.82, 2.24) is 4.90 Å². The van der Waals surface area contributed by atoms with E-state index in [9.17, 15) is 0 Å². The molecular formula is C10H26N2O. The molecule has 0 bridgehead atoms. The molecular weight excluding hydrogens is 164 g/mol. The lowest BCUT2D eigenvalue weighted by molar-refractivity contribution is -0.106. The van der Waals surface area contributed by atoms with E-state index in [2.05, 4.69) is 20.8 Å². The van der Waals surface area contributed by atoms with Gasteiger partial charge in [0, 0.05) is 0 Å². The van der Waals surface area contributed by atoms with Crippen molar-refractivity contribution in [1.29, 1.82) is 0 Å². The number of carbonyl (C=O) groups excluding carboxylic acids is 1. The molecule has 82 valence electrons. The largest absolute Gasteiger partial charge is 0.330 e. The van der Waals surface area contributed by atoms with Gasteiger partial charge >= 0.3 is 0 Å². The summed E-state index contributed by atoms with van der Waals surface area (Å²) in [5.74, 6) is 0. The van der Waals surface area contributed by atoms with Crippen LogP contribution in [0.25, 0.3) is 0 Å². The summed E-state index contributed by atoms with van der Waals surface area (Å²) in [6.45, 7) is 8.57. The normalized spacial score (nSPS) is 9.31. The second-order valence-electron chi connectivity index (χ2n) is 4.34. The summed E-state index contributed by atoms with van der Waals surface area (Å²) in [7, 11) is 6.00. The lowest BCUT2D eigenvalue weighted by atomic mass is 9.98. The maximum Gasteiger partial charge on any atom is 0.116 e. The summed E-state index contributed by atoms with van der Waals surface area (Å²) in [6.07, 6.45) is 0.750. The molecule has 0 saturated carbocycles. The topological polar surface area (TPSA) is 46.3 Å². The van der Waals surface area contributed by atoms with Gasteiger partial charge in [0.25, 0.3) is 0 Å². The Morgan fingerprint density at radius 1 is 1.23 bits per heavy atom. The fourth-order valence-corrected chi connectivity index (χ4v) is 0. The third-order valence-corrected chi connectivity index (χ3v) is 0.612. The first kappa shape index (κ1) is 18.4. The molecule has 0 saturated heterocycles. The van der Waals surface area contributed by atoms with Crippen molar-refractivity contribution >= 4 is 6.29 Å². The van der Waals surface area contributed by atoms with Gasteiger partial charge in [0.15, 0.2) is 0 Å². The van der Waals surface area contributed by atoms with E-state index >= 15 is 0 Å². The van der Waals surface area contributed by atoms with E-state index in [0.29, 0.717) is 5.41 Å². The van der Waals surface area contributed by atoms with E-state index in [1.54, 1.807) is 0 Å². The quantitative estimate of drug-likeness (QED) is 0.587. The molecule has 0 atom stereocenters. The second-order valence-corrected chi connectivity index (χ2v) is 4.34. The molecule has 0 aromatic heterocycles. The van der Waals surface area contributed by atoms with Gasteiger partial charge in [0.2, 0.25) is 0 Å². The molecule has 0 fully saturated rings. The fourth-order valence-electron chi connectivity index (χ4n) is 0. The first-order chi connectivity index (χ1) is 5.71. The van der Waals surface area contributed by atoms with Gasteiger partial charge in [0.1, 0.15) is 6.29 Å². The van der Waals surface area contributed by atoms with Crippen molar-refractivity contribution in [2.45, 2.75) is 27.7 Å². The molecule has 0 spiro atoms. The number of rotatable bonds is 0. The van der Waals surface area contributed by atoms with Gasteiger partial charge < -0.3 is 15.4 Å². The van der Waals surface area contributed by atoms with Crippen molar-refractivity contribution < 1.29 is 4.79 Å². The SMILES string of the molecule is CC(C)(C)CN.CC=O.CN(C)C. The lowest BCUT2D eigenvalue weighted by Gasteiger charge is -2.12. The minimum absolute atomic E-state index is 0.319. The maximum atomic E-state index is 8.81. The molecule has 0 heterocycles. The molecule has 0 aliphatic carbocycles. The predicted molar refractivity (Wildman–Crippen MR) is 59.9 cm³/mol. The molecule has 13 heavy (non-hydrogen) atoms. The molecule has 3 heteroatoms. The van der Waals surface area contributed by atoms with Crippen LogP contribution in [0.15, 0.2) is 0 Å². The molecule has 2 N–H and O–H groups in total. The number of nitrogens with two attached hydrogens (primary N) is 1. The van der Waals surface area contributed by atoms with Gasteiger partial charge in [-0.25, -0.2) is 0 Å². The molecule has 0 amide bonds. The maximum absolute atomic E-state index is 8.81. The van der Waals surface area contributed by atoms with E-state index in [4.69, 9.17) is 10.5 Å². The van der Waals surface area contributed by atoms with Crippen LogP contribution in [0.2, 0.25) is 0 Å². The van der Waals surface area contributed by atoms with Crippen molar-refractivity contribution in [3.05, 3.63) is 0 Å². The van der Waals surface area contributed by atoms with Crippen LogP contribution in [0.3, 0.4) is 0 Å². The second kappa shape index (κ2) is 11.6. The van der Waals surface area contributed by atoms with Crippen LogP contribution < -0.4 is 5.73 Å². The van der Waals surface area contributed by atoms with Crippen molar-refractivity contribution in [3.63, 3.8) is 0 Å². The van der Waals surface area contributed by atoms with E-state index in [1.165, 1.54) is 6.92 Å². The Hall–Kier alpha value is -0.410. The smallest absolute Gasteiger partial charge is 0.116 e. The molecule has 0 aromatic rings. The average Bonchev–Trinajstić information content (AvgIpc) is 1.86. The Labute approximate surface area is 83.3 Å². The van der Waals surface area contributed by atoms with E-state index in [0.717, 1.165) is 12.8 Å². The number of aldehydes is 1. The van der Waals surface area contributed by atoms with Crippen LogP contribution in [0.5, 0.6) is 0 Å². The van der Waals surface area contributed by atoms with Gasteiger partial charge in [-0.15, -0.1) is 0 Å². The zero-order chi connectivity index (χ0) is 11.5. The number of hydrogen-bond acceptors (Lipinski definition) is 3. The Morgan fingerprint density at radius 3 is 1.31 bits per heavy atom. The third kappa shape index (κ3) is 159. The van der Waals surface area contributed by atoms with Gasteiger partial charge in [-0.05, 0) is 40.0 Å². The Morgan fingerprint density at radius 2 is 1.31 bits per heavy atom. The Bertz CT molecular complexity index is 92.8. The molecule has 0 aliphatic rings. The number of hydrogen-bond donors (Lipinski definition) is 1. The lowest BCUT2D eigenvalue weighted by Crippen LogP contribution is -2.18. The van der Waals surface area contributed by atoms with E-state index in [1.807, 2.05) is 26.0 Å². The molecule has 0 rings (SSSR count). The highest BCUT2D eigenvalue weighted by atomic mass is 16.1. The van der Waals surface area contributed by atoms with Crippen molar-refractivity contribution in [2.75, 3.05) is 27.7 Å². The highest BCUT2D eigenvalue weighted by Crippen LogP contribution is 2.07. The first-order valence-electron chi connectivity index (χ1n) is 4.42. The van der Waals surface area contributed by atoms with Gasteiger partial charge in [-0.3, -0.25) is 0 Å². The fraction of sp³-hybridized carbons (Fsp3) is 0.900. The van der Waals surface area contributed by atoms with Crippen molar-refractivity contribution in [3.8, 4) is 0 Å². The average molecular weight is 190 g/mol. The summed E-state index contributed by atoms with van der Waals surface area (Å²) < 4.78 is 0. The minimum atomic E-state index is 0.319. The molecule has 0 aliphatic heterocycles. The monoisotopic (exact) mass is 190 g/mol. The van der Waals surface area contributed by atoms with Gasteiger partial charge in [0.05, 0.1) is 0 Å². The van der Waals surface area contributed by atoms with E-state index in [-0.39, 0.29) is 0 Å². The van der Waals surface area contributed by atoms with Crippen LogP contribution in [0.4, 0.5) is 0 Å². The molecule has 0 aromatic carbocycles. The third-order valence-electron chi connectivity index (χ3n) is 0.612. The van der Waals surface area contributed by atoms with Gasteiger partial charge in [-0.1, -0.05) is 20.8 Å². The standard InChI is InChI=1S/C5H13N.C3H9N.C2H4O/c1-5(2,3)4-6;1-4(2)3;1-2-3/h4,6H2,1-3H3;1-3H3;2H,1H3. The number of carbonyl (C=O) groups is 1. The predicted octanol–water partition coefficient (Wildman–Crippen LogP) is 1.37. The van der Waals surface area contributed by atoms with Crippen LogP contribution in [0, 0.1) is 5.41 Å². The summed E-state index contributed by atoms with van der Waals surface area (Å²) >= 11 is 0. The zero-order valence-electron chi connectivity index (χ0n) is 10.2. The summed E-state index contributed by atoms with van der Waals surface area (Å²) in [5.41, 5.74) is 5.62. The molecule has 0 radical (unpaired) electrons.